The second-order valence-corrected chi connectivity index (χ2v) is 2.41. The maximum atomic E-state index is 5.28. The Morgan fingerprint density at radius 2 is 2.45 bits per heavy atom. The number of hydrogen-bond donors (Lipinski definition) is 0. The van der Waals surface area contributed by atoms with Crippen molar-refractivity contribution in [1.82, 2.24) is 14.8 Å². The maximum Gasteiger partial charge on any atom is 0.158 e. The summed E-state index contributed by atoms with van der Waals surface area (Å²) in [4.78, 5) is 0. The highest BCUT2D eigenvalue weighted by molar-refractivity contribution is 4.80. The molecule has 0 radical (unpaired) electrons. The van der Waals surface area contributed by atoms with E-state index in [2.05, 4.69) is 17.1 Å². The molecule has 1 aromatic rings. The fourth-order valence-corrected chi connectivity index (χ4v) is 0.746. The smallest absolute Gasteiger partial charge is 0.158 e. The van der Waals surface area contributed by atoms with E-state index < -0.39 is 0 Å². The van der Waals surface area contributed by atoms with E-state index in [0.717, 1.165) is 18.9 Å². The average molecular weight is 155 g/mol. The zero-order valence-electron chi connectivity index (χ0n) is 6.95. The summed E-state index contributed by atoms with van der Waals surface area (Å²) in [5.74, 6) is 0.874. The molecule has 0 saturated heterocycles. The van der Waals surface area contributed by atoms with Crippen LogP contribution in [0.4, 0.5) is 0 Å². The van der Waals surface area contributed by atoms with Crippen LogP contribution in [-0.2, 0) is 18.4 Å². The van der Waals surface area contributed by atoms with Gasteiger partial charge in [-0.1, -0.05) is 6.92 Å². The molecule has 0 aliphatic heterocycles. The van der Waals surface area contributed by atoms with Crippen molar-refractivity contribution in [1.29, 1.82) is 0 Å². The third-order valence-electron chi connectivity index (χ3n) is 1.38. The Morgan fingerprint density at radius 3 is 3.00 bits per heavy atom. The predicted octanol–water partition coefficient (Wildman–Crippen LogP) is 0.742. The summed E-state index contributed by atoms with van der Waals surface area (Å²) in [6, 6.07) is 0. The molecule has 4 heteroatoms. The van der Waals surface area contributed by atoms with Crippen molar-refractivity contribution in [3.63, 3.8) is 0 Å². The van der Waals surface area contributed by atoms with Gasteiger partial charge in [0.15, 0.2) is 5.82 Å². The molecule has 0 fully saturated rings. The minimum absolute atomic E-state index is 0.560. The van der Waals surface area contributed by atoms with Gasteiger partial charge in [0, 0.05) is 13.7 Å². The van der Waals surface area contributed by atoms with Crippen molar-refractivity contribution < 1.29 is 4.74 Å². The Morgan fingerprint density at radius 1 is 1.64 bits per heavy atom. The Labute approximate surface area is 66.2 Å². The van der Waals surface area contributed by atoms with E-state index in [1.807, 2.05) is 11.6 Å². The van der Waals surface area contributed by atoms with Crippen LogP contribution in [0.15, 0.2) is 6.33 Å². The van der Waals surface area contributed by atoms with Crippen molar-refractivity contribution in [2.75, 3.05) is 6.61 Å². The van der Waals surface area contributed by atoms with Gasteiger partial charge in [0.05, 0.1) is 0 Å². The van der Waals surface area contributed by atoms with Gasteiger partial charge < -0.3 is 9.30 Å². The molecule has 1 rings (SSSR count). The first kappa shape index (κ1) is 8.20. The van der Waals surface area contributed by atoms with E-state index in [1.54, 1.807) is 6.33 Å². The lowest BCUT2D eigenvalue weighted by Crippen LogP contribution is -2.01. The summed E-state index contributed by atoms with van der Waals surface area (Å²) < 4.78 is 7.14. The number of aryl methyl sites for hydroxylation is 1. The van der Waals surface area contributed by atoms with Crippen LogP contribution >= 0.6 is 0 Å². The fourth-order valence-electron chi connectivity index (χ4n) is 0.746. The Hall–Kier alpha value is -0.900. The molecule has 4 nitrogen and oxygen atoms in total. The van der Waals surface area contributed by atoms with Crippen LogP contribution in [0.2, 0.25) is 0 Å². The normalized spacial score (nSPS) is 10.4. The van der Waals surface area contributed by atoms with E-state index in [0.29, 0.717) is 6.61 Å². The highest BCUT2D eigenvalue weighted by atomic mass is 16.5. The average Bonchev–Trinajstić information content (AvgIpc) is 2.37. The van der Waals surface area contributed by atoms with Gasteiger partial charge in [-0.05, 0) is 6.42 Å². The summed E-state index contributed by atoms with van der Waals surface area (Å²) in [7, 11) is 1.91. The summed E-state index contributed by atoms with van der Waals surface area (Å²) in [6.07, 6.45) is 2.71. The molecule has 0 atom stereocenters. The molecule has 0 N–H and O–H groups in total. The van der Waals surface area contributed by atoms with Gasteiger partial charge in [-0.25, -0.2) is 0 Å². The molecule has 0 bridgehead atoms. The first-order chi connectivity index (χ1) is 5.34. The number of nitrogens with zero attached hydrogens (tertiary/aromatic N) is 3. The molecule has 62 valence electrons. The molecule has 0 unspecified atom stereocenters. The SMILES string of the molecule is CCCOCc1nncn1C. The molecule has 1 aromatic heterocycles. The van der Waals surface area contributed by atoms with Gasteiger partial charge in [0.2, 0.25) is 0 Å². The number of aromatic nitrogens is 3. The molecule has 0 amide bonds. The molecule has 0 spiro atoms. The minimum atomic E-state index is 0.560. The van der Waals surface area contributed by atoms with E-state index in [-0.39, 0.29) is 0 Å². The Balaban J connectivity index is 2.32. The highest BCUT2D eigenvalue weighted by Gasteiger charge is 1.98. The minimum Gasteiger partial charge on any atom is -0.373 e. The molecule has 11 heavy (non-hydrogen) atoms. The van der Waals surface area contributed by atoms with E-state index in [1.165, 1.54) is 0 Å². The van der Waals surface area contributed by atoms with Gasteiger partial charge in [-0.2, -0.15) is 0 Å². The summed E-state index contributed by atoms with van der Waals surface area (Å²) in [5, 5.41) is 7.61. The summed E-state index contributed by atoms with van der Waals surface area (Å²) >= 11 is 0. The number of hydrogen-bond acceptors (Lipinski definition) is 3. The first-order valence-electron chi connectivity index (χ1n) is 3.75. The lowest BCUT2D eigenvalue weighted by Gasteiger charge is -2.00. The zero-order valence-corrected chi connectivity index (χ0v) is 6.95. The van der Waals surface area contributed by atoms with Crippen LogP contribution in [0.5, 0.6) is 0 Å². The molecule has 0 aliphatic carbocycles. The Bertz CT molecular complexity index is 209. The van der Waals surface area contributed by atoms with Crippen LogP contribution in [0.3, 0.4) is 0 Å². The van der Waals surface area contributed by atoms with Gasteiger partial charge >= 0.3 is 0 Å². The highest BCUT2D eigenvalue weighted by Crippen LogP contribution is 1.94. The zero-order chi connectivity index (χ0) is 8.10. The van der Waals surface area contributed by atoms with E-state index >= 15 is 0 Å². The molecule has 1 heterocycles. The van der Waals surface area contributed by atoms with Gasteiger partial charge in [0.1, 0.15) is 12.9 Å². The second kappa shape index (κ2) is 4.08. The van der Waals surface area contributed by atoms with Crippen molar-refractivity contribution in [2.24, 2.45) is 7.05 Å². The lowest BCUT2D eigenvalue weighted by molar-refractivity contribution is 0.114. The maximum absolute atomic E-state index is 5.28. The van der Waals surface area contributed by atoms with Crippen LogP contribution in [-0.4, -0.2) is 21.4 Å². The first-order valence-corrected chi connectivity index (χ1v) is 3.75. The van der Waals surface area contributed by atoms with Crippen molar-refractivity contribution in [3.8, 4) is 0 Å². The van der Waals surface area contributed by atoms with Gasteiger partial charge in [0.25, 0.3) is 0 Å². The summed E-state index contributed by atoms with van der Waals surface area (Å²) in [6.45, 7) is 3.42. The van der Waals surface area contributed by atoms with Gasteiger partial charge in [-0.3, -0.25) is 0 Å². The van der Waals surface area contributed by atoms with E-state index in [4.69, 9.17) is 4.74 Å². The largest absolute Gasteiger partial charge is 0.373 e. The molecular weight excluding hydrogens is 142 g/mol. The van der Waals surface area contributed by atoms with Crippen molar-refractivity contribution in [3.05, 3.63) is 12.2 Å². The fraction of sp³-hybridized carbons (Fsp3) is 0.714. The van der Waals surface area contributed by atoms with Crippen LogP contribution in [0.25, 0.3) is 0 Å². The standard InChI is InChI=1S/C7H13N3O/c1-3-4-11-5-7-9-8-6-10(7)2/h6H,3-5H2,1-2H3. The number of ether oxygens (including phenoxy) is 1. The Kier molecular flexibility index (Phi) is 3.04. The number of rotatable bonds is 4. The quantitative estimate of drug-likeness (QED) is 0.602. The molecule has 0 saturated carbocycles. The van der Waals surface area contributed by atoms with Gasteiger partial charge in [-0.15, -0.1) is 10.2 Å². The van der Waals surface area contributed by atoms with Crippen LogP contribution in [0, 0.1) is 0 Å². The lowest BCUT2D eigenvalue weighted by atomic mass is 10.5. The van der Waals surface area contributed by atoms with Crippen LogP contribution < -0.4 is 0 Å². The van der Waals surface area contributed by atoms with Crippen molar-refractivity contribution in [2.45, 2.75) is 20.0 Å². The molecule has 0 aliphatic rings. The monoisotopic (exact) mass is 155 g/mol. The summed E-state index contributed by atoms with van der Waals surface area (Å²) in [5.41, 5.74) is 0. The third kappa shape index (κ3) is 2.31. The topological polar surface area (TPSA) is 39.9 Å². The molecular formula is C7H13N3O. The molecule has 0 aromatic carbocycles. The van der Waals surface area contributed by atoms with E-state index in [9.17, 15) is 0 Å². The van der Waals surface area contributed by atoms with Crippen LogP contribution in [0.1, 0.15) is 19.2 Å². The predicted molar refractivity (Wildman–Crippen MR) is 41.0 cm³/mol. The van der Waals surface area contributed by atoms with Crippen molar-refractivity contribution >= 4 is 0 Å². The second-order valence-electron chi connectivity index (χ2n) is 2.41. The third-order valence-corrected chi connectivity index (χ3v) is 1.38.